The molecule has 10 heteroatoms. The summed E-state index contributed by atoms with van der Waals surface area (Å²) in [5, 5.41) is 10.8. The predicted molar refractivity (Wildman–Crippen MR) is 151 cm³/mol. The van der Waals surface area contributed by atoms with Crippen molar-refractivity contribution in [3.63, 3.8) is 0 Å². The molecule has 3 aromatic rings. The molecule has 0 amide bonds. The van der Waals surface area contributed by atoms with Gasteiger partial charge in [0.05, 0.1) is 16.8 Å². The summed E-state index contributed by atoms with van der Waals surface area (Å²) in [7, 11) is 11.0. The van der Waals surface area contributed by atoms with Gasteiger partial charge in [-0.25, -0.2) is 9.18 Å². The van der Waals surface area contributed by atoms with Crippen LogP contribution in [0.2, 0.25) is 0 Å². The second-order valence-corrected chi connectivity index (χ2v) is 11.8. The van der Waals surface area contributed by atoms with E-state index >= 15 is 0 Å². The van der Waals surface area contributed by atoms with Gasteiger partial charge in [-0.15, -0.1) is 0 Å². The Balaban J connectivity index is 2.24. The highest BCUT2D eigenvalue weighted by molar-refractivity contribution is 6.55. The molecule has 0 fully saturated rings. The van der Waals surface area contributed by atoms with Gasteiger partial charge in [-0.1, -0.05) is 12.1 Å². The van der Waals surface area contributed by atoms with Crippen LogP contribution in [0.1, 0.15) is 43.7 Å². The summed E-state index contributed by atoms with van der Waals surface area (Å²) in [6, 6.07) is 8.42. The summed E-state index contributed by atoms with van der Waals surface area (Å²) in [5.41, 5.74) is 5.50. The number of rotatable bonds is 4. The Bertz CT molecular complexity index is 1340. The lowest BCUT2D eigenvalue weighted by molar-refractivity contribution is -0.160. The van der Waals surface area contributed by atoms with Crippen LogP contribution in [0.4, 0.5) is 10.1 Å². The fraction of sp³-hybridized carbons (Fsp3) is 0.400. The number of carboxylic acid groups (broad SMARTS) is 1. The van der Waals surface area contributed by atoms with Crippen LogP contribution in [0, 0.1) is 19.7 Å². The number of aliphatic carboxylic acids is 1. The van der Waals surface area contributed by atoms with E-state index in [9.17, 15) is 14.3 Å². The van der Waals surface area contributed by atoms with Gasteiger partial charge < -0.3 is 19.3 Å². The van der Waals surface area contributed by atoms with Crippen LogP contribution in [0.25, 0.3) is 22.0 Å². The van der Waals surface area contributed by atoms with E-state index in [0.717, 1.165) is 39.0 Å². The molecular weight excluding hydrogens is 439 g/mol. The molecule has 0 spiro atoms. The molecule has 1 aliphatic heterocycles. The first-order valence-corrected chi connectivity index (χ1v) is 12.1. The van der Waals surface area contributed by atoms with E-state index in [1.807, 2.05) is 27.7 Å². The average molecular weight is 472 g/mol. The Morgan fingerprint density at radius 1 is 1.09 bits per heavy atom. The Labute approximate surface area is 210 Å². The molecule has 4 rings (SSSR count). The maximum atomic E-state index is 13.9. The predicted octanol–water partition coefficient (Wildman–Crippen LogP) is 1.25. The average Bonchev–Trinajstić information content (AvgIpc) is 3.07. The lowest BCUT2D eigenvalue weighted by Gasteiger charge is -2.56. The van der Waals surface area contributed by atoms with E-state index in [0.29, 0.717) is 5.56 Å². The monoisotopic (exact) mass is 472 g/mol. The number of carboxylic acids is 1. The number of anilines is 1. The highest BCUT2D eigenvalue weighted by Crippen LogP contribution is 2.51. The maximum Gasteiger partial charge on any atom is 0.337 e. The zero-order chi connectivity index (χ0) is 26.2. The van der Waals surface area contributed by atoms with Crippen molar-refractivity contribution in [2.75, 3.05) is 11.9 Å². The normalized spacial score (nSPS) is 17.5. The molecule has 1 atom stereocenters. The second kappa shape index (κ2) is 7.95. The van der Waals surface area contributed by atoms with Crippen molar-refractivity contribution in [2.24, 2.45) is 0 Å². The fourth-order valence-electron chi connectivity index (χ4n) is 5.64. The third-order valence-corrected chi connectivity index (χ3v) is 8.03. The SMILES string of the molecule is BC1(B)N(C)c2c(C)c([C@H](OC(C)(C)C)C(=O)O)c(-c3ccc(F)cc3)c3cc(C)n(c23)C1(B)B. The van der Waals surface area contributed by atoms with Crippen LogP contribution in [-0.2, 0) is 14.9 Å². The van der Waals surface area contributed by atoms with E-state index in [2.05, 4.69) is 60.9 Å². The van der Waals surface area contributed by atoms with Gasteiger partial charge in [-0.2, -0.15) is 0 Å². The van der Waals surface area contributed by atoms with Crippen molar-refractivity contribution in [1.82, 2.24) is 4.57 Å². The van der Waals surface area contributed by atoms with Gasteiger partial charge in [-0.3, -0.25) is 0 Å². The van der Waals surface area contributed by atoms with Crippen molar-refractivity contribution in [2.45, 2.75) is 57.0 Å². The number of carbonyl (C=O) groups is 1. The molecule has 0 radical (unpaired) electrons. The van der Waals surface area contributed by atoms with Crippen LogP contribution in [0.5, 0.6) is 0 Å². The number of ether oxygens (including phenoxy) is 1. The topological polar surface area (TPSA) is 54.7 Å². The summed E-state index contributed by atoms with van der Waals surface area (Å²) < 4.78 is 22.5. The molecule has 2 aromatic carbocycles. The van der Waals surface area contributed by atoms with Crippen molar-refractivity contribution < 1.29 is 19.0 Å². The van der Waals surface area contributed by atoms with Gasteiger partial charge >= 0.3 is 5.97 Å². The molecule has 0 aliphatic carbocycles. The standard InChI is InChI=1S/C25H33B4FN2O3/c1-12-11-16-18(14-7-9-15(30)10-8-14)17(21(22(33)34)35-23(3,4)5)13(2)19-20(16)32(12)25(28,29)24(26,27)31(19)6/h7-11,21H,26-29H2,1-6H3,(H,33,34)/t21-/m0/s1. The highest BCUT2D eigenvalue weighted by Gasteiger charge is 2.48. The van der Waals surface area contributed by atoms with E-state index in [-0.39, 0.29) is 16.5 Å². The molecule has 1 aromatic heterocycles. The van der Waals surface area contributed by atoms with Crippen LogP contribution in [0.3, 0.4) is 0 Å². The minimum Gasteiger partial charge on any atom is -0.479 e. The molecule has 1 aliphatic rings. The Hall–Kier alpha value is -2.60. The molecule has 0 bridgehead atoms. The third-order valence-electron chi connectivity index (χ3n) is 8.03. The van der Waals surface area contributed by atoms with E-state index in [1.54, 1.807) is 12.1 Å². The molecule has 1 N–H and O–H groups in total. The maximum absolute atomic E-state index is 13.9. The van der Waals surface area contributed by atoms with Gasteiger partial charge in [0.15, 0.2) is 6.10 Å². The number of benzene rings is 2. The van der Waals surface area contributed by atoms with E-state index in [1.165, 1.54) is 12.1 Å². The first-order valence-electron chi connectivity index (χ1n) is 12.1. The molecular formula is C25H33B4FN2O3. The molecule has 0 unspecified atom stereocenters. The number of halogens is 1. The Morgan fingerprint density at radius 3 is 2.17 bits per heavy atom. The highest BCUT2D eigenvalue weighted by atomic mass is 19.1. The Kier molecular flexibility index (Phi) is 5.79. The lowest BCUT2D eigenvalue weighted by atomic mass is 9.36. The van der Waals surface area contributed by atoms with Crippen LogP contribution < -0.4 is 4.90 Å². The molecule has 35 heavy (non-hydrogen) atoms. The largest absolute Gasteiger partial charge is 0.479 e. The summed E-state index contributed by atoms with van der Waals surface area (Å²) in [6.07, 6.45) is -1.19. The van der Waals surface area contributed by atoms with Gasteiger partial charge in [0.2, 0.25) is 0 Å². The summed E-state index contributed by atoms with van der Waals surface area (Å²) in [5.74, 6) is -1.38. The van der Waals surface area contributed by atoms with Crippen molar-refractivity contribution in [3.05, 3.63) is 53.0 Å². The Morgan fingerprint density at radius 2 is 1.66 bits per heavy atom. The summed E-state index contributed by atoms with van der Waals surface area (Å²) >= 11 is 0. The zero-order valence-corrected chi connectivity index (χ0v) is 22.5. The van der Waals surface area contributed by atoms with E-state index in [4.69, 9.17) is 4.74 Å². The number of aromatic nitrogens is 1. The van der Waals surface area contributed by atoms with E-state index < -0.39 is 17.7 Å². The lowest BCUT2D eigenvalue weighted by Crippen LogP contribution is -2.68. The number of hydrogen-bond donors (Lipinski definition) is 1. The number of likely N-dealkylation sites (N-methyl/N-ethyl adjacent to an activating group) is 1. The minimum absolute atomic E-state index is 0.247. The quantitative estimate of drug-likeness (QED) is 0.582. The first kappa shape index (κ1) is 25.5. The van der Waals surface area contributed by atoms with Crippen molar-refractivity contribution in [3.8, 4) is 11.1 Å². The molecule has 2 heterocycles. The van der Waals surface area contributed by atoms with Crippen molar-refractivity contribution in [1.29, 1.82) is 0 Å². The molecule has 180 valence electrons. The molecule has 5 nitrogen and oxygen atoms in total. The molecule has 0 saturated heterocycles. The van der Waals surface area contributed by atoms with Crippen LogP contribution in [0.15, 0.2) is 30.3 Å². The summed E-state index contributed by atoms with van der Waals surface area (Å²) in [6.45, 7) is 9.65. The second-order valence-electron chi connectivity index (χ2n) is 11.8. The number of hydrogen-bond acceptors (Lipinski definition) is 3. The minimum atomic E-state index is -1.19. The van der Waals surface area contributed by atoms with Gasteiger partial charge in [-0.05, 0) is 80.2 Å². The number of aryl methyl sites for hydroxylation is 1. The van der Waals surface area contributed by atoms with Gasteiger partial charge in [0.1, 0.15) is 37.2 Å². The van der Waals surface area contributed by atoms with Crippen molar-refractivity contribution >= 4 is 53.9 Å². The zero-order valence-electron chi connectivity index (χ0n) is 22.5. The third kappa shape index (κ3) is 3.72. The molecule has 0 saturated carbocycles. The van der Waals surface area contributed by atoms with Gasteiger partial charge in [0.25, 0.3) is 0 Å². The summed E-state index contributed by atoms with van der Waals surface area (Å²) in [4.78, 5) is 15.0. The number of nitrogens with zero attached hydrogens (tertiary/aromatic N) is 2. The van der Waals surface area contributed by atoms with Gasteiger partial charge in [0, 0.05) is 23.7 Å². The fourth-order valence-corrected chi connectivity index (χ4v) is 5.64. The smallest absolute Gasteiger partial charge is 0.337 e. The first-order chi connectivity index (χ1) is 16.0. The van der Waals surface area contributed by atoms with Crippen LogP contribution in [-0.4, -0.2) is 65.0 Å². The van der Waals surface area contributed by atoms with Crippen LogP contribution >= 0.6 is 0 Å².